The van der Waals surface area contributed by atoms with Gasteiger partial charge < -0.3 is 14.2 Å². The molecule has 1 aromatic heterocycles. The van der Waals surface area contributed by atoms with E-state index < -0.39 is 0 Å². The van der Waals surface area contributed by atoms with E-state index in [4.69, 9.17) is 4.74 Å². The van der Waals surface area contributed by atoms with Crippen LogP contribution in [0.15, 0.2) is 91.0 Å². The molecule has 0 aliphatic heterocycles. The molecule has 0 bridgehead atoms. The van der Waals surface area contributed by atoms with Crippen molar-refractivity contribution in [2.45, 2.75) is 32.7 Å². The second kappa shape index (κ2) is 9.64. The standard InChI is InChI=1S/C31H32N2O/c1-4-5-13-23-20-26(21-24(31(23)34-3)22-32(2)25-14-7-6-8-15-25)33-29-18-11-9-16-27(29)28-17-10-12-19-30(28)33/h6-12,14-21H,4-5,13,22H2,1-3H3. The molecular formula is C31H32N2O. The van der Waals surface area contributed by atoms with Crippen molar-refractivity contribution in [3.8, 4) is 11.4 Å². The lowest BCUT2D eigenvalue weighted by atomic mass is 10.0. The number of unbranched alkanes of at least 4 members (excludes halogenated alkanes) is 1. The smallest absolute Gasteiger partial charge is 0.127 e. The van der Waals surface area contributed by atoms with E-state index in [2.05, 4.69) is 114 Å². The number of aromatic nitrogens is 1. The van der Waals surface area contributed by atoms with Crippen LogP contribution in [-0.4, -0.2) is 18.7 Å². The highest BCUT2D eigenvalue weighted by Gasteiger charge is 2.18. The highest BCUT2D eigenvalue weighted by atomic mass is 16.5. The van der Waals surface area contributed by atoms with Crippen molar-refractivity contribution in [2.24, 2.45) is 0 Å². The number of ether oxygens (including phenoxy) is 1. The van der Waals surface area contributed by atoms with Gasteiger partial charge in [0.15, 0.2) is 0 Å². The zero-order valence-corrected chi connectivity index (χ0v) is 20.3. The first-order valence-corrected chi connectivity index (χ1v) is 12.2. The predicted molar refractivity (Wildman–Crippen MR) is 144 cm³/mol. The molecular weight excluding hydrogens is 416 g/mol. The highest BCUT2D eigenvalue weighted by molar-refractivity contribution is 6.09. The maximum atomic E-state index is 6.02. The Bertz CT molecular complexity index is 1360. The average molecular weight is 449 g/mol. The molecule has 5 rings (SSSR count). The quantitative estimate of drug-likeness (QED) is 0.241. The van der Waals surface area contributed by atoms with Crippen molar-refractivity contribution in [2.75, 3.05) is 19.1 Å². The van der Waals surface area contributed by atoms with Gasteiger partial charge in [-0.2, -0.15) is 0 Å². The Morgan fingerprint density at radius 1 is 0.765 bits per heavy atom. The number of hydrogen-bond acceptors (Lipinski definition) is 2. The zero-order chi connectivity index (χ0) is 23.5. The van der Waals surface area contributed by atoms with Crippen molar-refractivity contribution in [1.82, 2.24) is 4.57 Å². The van der Waals surface area contributed by atoms with Crippen molar-refractivity contribution in [1.29, 1.82) is 0 Å². The van der Waals surface area contributed by atoms with Crippen LogP contribution in [0.5, 0.6) is 5.75 Å². The first-order valence-electron chi connectivity index (χ1n) is 12.2. The Labute approximate surface area is 202 Å². The number of rotatable bonds is 8. The number of aryl methyl sites for hydroxylation is 1. The molecule has 0 fully saturated rings. The summed E-state index contributed by atoms with van der Waals surface area (Å²) in [6.07, 6.45) is 3.30. The summed E-state index contributed by atoms with van der Waals surface area (Å²) in [4.78, 5) is 2.29. The van der Waals surface area contributed by atoms with Crippen LogP contribution in [0, 0.1) is 0 Å². The number of methoxy groups -OCH3 is 1. The van der Waals surface area contributed by atoms with Crippen molar-refractivity contribution in [3.05, 3.63) is 102 Å². The highest BCUT2D eigenvalue weighted by Crippen LogP contribution is 2.36. The van der Waals surface area contributed by atoms with Gasteiger partial charge in [-0.15, -0.1) is 0 Å². The van der Waals surface area contributed by atoms with Crippen LogP contribution in [0.3, 0.4) is 0 Å². The number of anilines is 1. The fourth-order valence-electron chi connectivity index (χ4n) is 5.03. The summed E-state index contributed by atoms with van der Waals surface area (Å²) in [7, 11) is 3.95. The molecule has 3 nitrogen and oxygen atoms in total. The maximum Gasteiger partial charge on any atom is 0.127 e. The van der Waals surface area contributed by atoms with Crippen LogP contribution < -0.4 is 9.64 Å². The van der Waals surface area contributed by atoms with E-state index in [0.29, 0.717) is 0 Å². The first kappa shape index (κ1) is 22.1. The number of nitrogens with zero attached hydrogens (tertiary/aromatic N) is 2. The molecule has 0 N–H and O–H groups in total. The third-order valence-electron chi connectivity index (χ3n) is 6.67. The monoisotopic (exact) mass is 448 g/mol. The lowest BCUT2D eigenvalue weighted by Crippen LogP contribution is -2.17. The predicted octanol–water partition coefficient (Wildman–Crippen LogP) is 7.77. The molecule has 3 heteroatoms. The second-order valence-corrected chi connectivity index (χ2v) is 8.96. The Morgan fingerprint density at radius 2 is 1.35 bits per heavy atom. The molecule has 0 amide bonds. The number of para-hydroxylation sites is 3. The Morgan fingerprint density at radius 3 is 1.97 bits per heavy atom. The van der Waals surface area contributed by atoms with Gasteiger partial charge in [0.05, 0.1) is 18.1 Å². The van der Waals surface area contributed by atoms with Gasteiger partial charge in [0.1, 0.15) is 5.75 Å². The van der Waals surface area contributed by atoms with Crippen molar-refractivity contribution in [3.63, 3.8) is 0 Å². The fraction of sp³-hybridized carbons (Fsp3) is 0.226. The summed E-state index contributed by atoms with van der Waals surface area (Å²) in [6, 6.07) is 32.6. The Hall–Kier alpha value is -3.72. The van der Waals surface area contributed by atoms with E-state index >= 15 is 0 Å². The second-order valence-electron chi connectivity index (χ2n) is 8.96. The zero-order valence-electron chi connectivity index (χ0n) is 20.3. The summed E-state index contributed by atoms with van der Waals surface area (Å²) in [5.41, 5.74) is 7.34. The van der Waals surface area contributed by atoms with Crippen LogP contribution >= 0.6 is 0 Å². The fourth-order valence-corrected chi connectivity index (χ4v) is 5.03. The molecule has 0 radical (unpaired) electrons. The van der Waals surface area contributed by atoms with E-state index in [1.54, 1.807) is 7.11 Å². The minimum Gasteiger partial charge on any atom is -0.496 e. The molecule has 0 unspecified atom stereocenters. The number of fused-ring (bicyclic) bond motifs is 3. The molecule has 0 aliphatic rings. The van der Waals surface area contributed by atoms with Crippen LogP contribution in [0.4, 0.5) is 5.69 Å². The van der Waals surface area contributed by atoms with Crippen LogP contribution in [-0.2, 0) is 13.0 Å². The van der Waals surface area contributed by atoms with E-state index in [1.165, 1.54) is 44.3 Å². The van der Waals surface area contributed by atoms with Gasteiger partial charge in [-0.3, -0.25) is 0 Å². The molecule has 5 aromatic rings. The lowest BCUT2D eigenvalue weighted by molar-refractivity contribution is 0.403. The van der Waals surface area contributed by atoms with Gasteiger partial charge in [0, 0.05) is 41.3 Å². The molecule has 172 valence electrons. The van der Waals surface area contributed by atoms with Gasteiger partial charge >= 0.3 is 0 Å². The molecule has 0 saturated carbocycles. The molecule has 0 saturated heterocycles. The first-order chi connectivity index (χ1) is 16.7. The van der Waals surface area contributed by atoms with Gasteiger partial charge in [0.25, 0.3) is 0 Å². The van der Waals surface area contributed by atoms with Gasteiger partial charge in [-0.05, 0) is 54.8 Å². The number of hydrogen-bond donors (Lipinski definition) is 0. The van der Waals surface area contributed by atoms with E-state index in [1.807, 2.05) is 0 Å². The minimum atomic E-state index is 0.775. The van der Waals surface area contributed by atoms with Gasteiger partial charge in [0.2, 0.25) is 0 Å². The molecule has 1 heterocycles. The third kappa shape index (κ3) is 4.03. The molecule has 0 aliphatic carbocycles. The van der Waals surface area contributed by atoms with Crippen molar-refractivity contribution < 1.29 is 4.74 Å². The third-order valence-corrected chi connectivity index (χ3v) is 6.67. The van der Waals surface area contributed by atoms with Crippen molar-refractivity contribution >= 4 is 27.5 Å². The largest absolute Gasteiger partial charge is 0.496 e. The van der Waals surface area contributed by atoms with Gasteiger partial charge in [-0.25, -0.2) is 0 Å². The van der Waals surface area contributed by atoms with Gasteiger partial charge in [-0.1, -0.05) is 67.9 Å². The van der Waals surface area contributed by atoms with Crippen LogP contribution in [0.1, 0.15) is 30.9 Å². The van der Waals surface area contributed by atoms with Crippen LogP contribution in [0.2, 0.25) is 0 Å². The SMILES string of the molecule is CCCCc1cc(-n2c3ccccc3c3ccccc32)cc(CN(C)c2ccccc2)c1OC. The number of benzene rings is 4. The topological polar surface area (TPSA) is 17.4 Å². The maximum absolute atomic E-state index is 6.02. The molecule has 4 aromatic carbocycles. The van der Waals surface area contributed by atoms with E-state index in [-0.39, 0.29) is 0 Å². The van der Waals surface area contributed by atoms with E-state index in [9.17, 15) is 0 Å². The molecule has 0 spiro atoms. The summed E-state index contributed by atoms with van der Waals surface area (Å²) < 4.78 is 8.43. The summed E-state index contributed by atoms with van der Waals surface area (Å²) in [6.45, 7) is 3.02. The summed E-state index contributed by atoms with van der Waals surface area (Å²) >= 11 is 0. The molecule has 0 atom stereocenters. The Balaban J connectivity index is 1.71. The summed E-state index contributed by atoms with van der Waals surface area (Å²) in [5, 5.41) is 2.57. The van der Waals surface area contributed by atoms with Crippen LogP contribution in [0.25, 0.3) is 27.5 Å². The van der Waals surface area contributed by atoms with E-state index in [0.717, 1.165) is 31.6 Å². The summed E-state index contributed by atoms with van der Waals surface area (Å²) in [5.74, 6) is 1.01. The molecule has 34 heavy (non-hydrogen) atoms. The average Bonchev–Trinajstić information content (AvgIpc) is 3.22. The normalized spacial score (nSPS) is 11.3. The lowest BCUT2D eigenvalue weighted by Gasteiger charge is -2.23. The Kier molecular flexibility index (Phi) is 6.27. The minimum absolute atomic E-state index is 0.775.